The molecule has 1 atom stereocenters. The van der Waals surface area contributed by atoms with Gasteiger partial charge in [0.25, 0.3) is 0 Å². The smallest absolute Gasteiger partial charge is 0.158 e. The van der Waals surface area contributed by atoms with Crippen molar-refractivity contribution < 1.29 is 0 Å². The molecule has 282 valence electrons. The van der Waals surface area contributed by atoms with Crippen LogP contribution in [0.2, 0.25) is 0 Å². The number of benzene rings is 10. The Morgan fingerprint density at radius 2 is 0.983 bits per heavy atom. The molecule has 0 saturated heterocycles. The van der Waals surface area contributed by atoms with E-state index in [1.807, 2.05) is 36.7 Å². The zero-order valence-electron chi connectivity index (χ0n) is 32.6. The van der Waals surface area contributed by atoms with Gasteiger partial charge < -0.3 is 10.3 Å². The summed E-state index contributed by atoms with van der Waals surface area (Å²) in [7, 11) is 0. The van der Waals surface area contributed by atoms with Gasteiger partial charge in [-0.3, -0.25) is 4.57 Å². The number of hydrogen-bond donors (Lipinski definition) is 1. The molecular weight excluding hydrogens is 731 g/mol. The molecule has 60 heavy (non-hydrogen) atoms. The average Bonchev–Trinajstić information content (AvgIpc) is 3.84. The topological polar surface area (TPSA) is 60.6 Å². The predicted octanol–water partition coefficient (Wildman–Crippen LogP) is 13.5. The molecule has 0 fully saturated rings. The molecule has 0 aliphatic carbocycles. The maximum absolute atomic E-state index is 6.82. The van der Waals surface area contributed by atoms with E-state index in [4.69, 9.17) is 15.7 Å². The Labute approximate surface area is 345 Å². The molecule has 0 radical (unpaired) electrons. The number of aromatic nitrogens is 2. The fourth-order valence-electron chi connectivity index (χ4n) is 9.58. The molecule has 0 bridgehead atoms. The highest BCUT2D eigenvalue weighted by Gasteiger charge is 2.25. The Morgan fingerprint density at radius 1 is 0.450 bits per heavy atom. The van der Waals surface area contributed by atoms with Crippen LogP contribution in [-0.2, 0) is 0 Å². The van der Waals surface area contributed by atoms with Crippen molar-refractivity contribution in [2.45, 2.75) is 6.17 Å². The molecule has 2 N–H and O–H groups in total. The monoisotopic (exact) mass is 767 g/mol. The Bertz CT molecular complexity index is 3720. The predicted molar refractivity (Wildman–Crippen MR) is 254 cm³/mol. The summed E-state index contributed by atoms with van der Waals surface area (Å²) in [6, 6.07) is 70.9. The standard InChI is InChI=1S/C55H37N5/c56-54(36-18-3-1-4-19-36)58-55(38-32-31-35-17-7-8-20-37(35)33-38)57-34-59-46-29-15-13-27-44(46)51-49-41-24-10-9-23-40(41)48-45-28-14-16-30-47(45)60(39-21-5-2-6-22-39)53(48)50(49)42-25-11-12-26-43(42)52(51)59/h1-34,54H,56H2. The molecule has 5 heteroatoms. The summed E-state index contributed by atoms with van der Waals surface area (Å²) in [6.07, 6.45) is 1.36. The van der Waals surface area contributed by atoms with Gasteiger partial charge in [-0.2, -0.15) is 0 Å². The second kappa shape index (κ2) is 13.6. The van der Waals surface area contributed by atoms with E-state index >= 15 is 0 Å². The highest BCUT2D eigenvalue weighted by atomic mass is 15.1. The molecule has 2 aromatic heterocycles. The first-order valence-electron chi connectivity index (χ1n) is 20.4. The summed E-state index contributed by atoms with van der Waals surface area (Å²) in [6.45, 7) is 0. The van der Waals surface area contributed by atoms with Crippen molar-refractivity contribution in [3.8, 4) is 5.69 Å². The molecule has 0 amide bonds. The first-order chi connectivity index (χ1) is 29.7. The normalized spacial score (nSPS) is 13.1. The minimum atomic E-state index is -0.599. The van der Waals surface area contributed by atoms with Crippen LogP contribution in [0.4, 0.5) is 0 Å². The summed E-state index contributed by atoms with van der Waals surface area (Å²) >= 11 is 0. The first kappa shape index (κ1) is 34.2. The van der Waals surface area contributed by atoms with Crippen molar-refractivity contribution in [2.24, 2.45) is 15.7 Å². The quantitative estimate of drug-likeness (QED) is 0.106. The number of nitrogens with two attached hydrogens (primary N) is 1. The van der Waals surface area contributed by atoms with Crippen LogP contribution in [0.5, 0.6) is 0 Å². The molecule has 0 spiro atoms. The van der Waals surface area contributed by atoms with E-state index in [9.17, 15) is 0 Å². The van der Waals surface area contributed by atoms with Gasteiger partial charge in [0, 0.05) is 49.0 Å². The molecule has 0 aliphatic heterocycles. The third-order valence-electron chi connectivity index (χ3n) is 12.2. The van der Waals surface area contributed by atoms with Crippen molar-refractivity contribution in [3.63, 3.8) is 0 Å². The van der Waals surface area contributed by atoms with E-state index in [2.05, 4.69) is 179 Å². The number of rotatable bonds is 5. The molecular formula is C55H37N5. The minimum Gasteiger partial charge on any atom is -0.309 e. The van der Waals surface area contributed by atoms with E-state index in [0.29, 0.717) is 5.84 Å². The summed E-state index contributed by atoms with van der Waals surface area (Å²) in [5.74, 6) is 0.563. The lowest BCUT2D eigenvalue weighted by Gasteiger charge is -2.16. The Hall–Kier alpha value is -7.86. The van der Waals surface area contributed by atoms with Gasteiger partial charge in [0.15, 0.2) is 5.84 Å². The average molecular weight is 768 g/mol. The van der Waals surface area contributed by atoms with Crippen molar-refractivity contribution >= 4 is 98.9 Å². The van der Waals surface area contributed by atoms with Crippen LogP contribution in [0.15, 0.2) is 210 Å². The largest absolute Gasteiger partial charge is 0.309 e. The fraction of sp³-hybridized carbons (Fsp3) is 0.0182. The van der Waals surface area contributed by atoms with E-state index in [1.165, 1.54) is 54.1 Å². The molecule has 5 nitrogen and oxygen atoms in total. The van der Waals surface area contributed by atoms with Crippen LogP contribution in [0.25, 0.3) is 92.4 Å². The summed E-state index contributed by atoms with van der Waals surface area (Å²) < 4.78 is 4.74. The Morgan fingerprint density at radius 3 is 1.72 bits per heavy atom. The van der Waals surface area contributed by atoms with Gasteiger partial charge in [-0.1, -0.05) is 170 Å². The zero-order valence-corrected chi connectivity index (χ0v) is 32.6. The van der Waals surface area contributed by atoms with Crippen LogP contribution in [0, 0.1) is 0 Å². The Balaban J connectivity index is 1.22. The van der Waals surface area contributed by atoms with Crippen molar-refractivity contribution in [2.75, 3.05) is 0 Å². The maximum atomic E-state index is 6.82. The third kappa shape index (κ3) is 5.16. The van der Waals surface area contributed by atoms with Crippen molar-refractivity contribution in [1.82, 2.24) is 9.13 Å². The number of para-hydroxylation sites is 3. The van der Waals surface area contributed by atoms with Gasteiger partial charge >= 0.3 is 0 Å². The molecule has 12 aromatic rings. The number of fused-ring (bicyclic) bond motifs is 16. The lowest BCUT2D eigenvalue weighted by molar-refractivity contribution is 0.775. The Kier molecular flexibility index (Phi) is 7.77. The maximum Gasteiger partial charge on any atom is 0.158 e. The van der Waals surface area contributed by atoms with Crippen molar-refractivity contribution in [1.29, 1.82) is 0 Å². The number of hydrogen-bond acceptors (Lipinski definition) is 2. The van der Waals surface area contributed by atoms with E-state index < -0.39 is 6.17 Å². The SMILES string of the molecule is NC(N=C(N=Cn1c2ccccc2c2c3c4ccccc4c4c5ccccc5n(-c5ccccc5)c4c3c3ccccc3c21)c1ccc2ccccc2c1)c1ccccc1. The molecule has 2 heterocycles. The van der Waals surface area contributed by atoms with E-state index in [-0.39, 0.29) is 0 Å². The molecule has 0 aliphatic rings. The molecule has 12 rings (SSSR count). The van der Waals surface area contributed by atoms with Crippen molar-refractivity contribution in [3.05, 3.63) is 211 Å². The van der Waals surface area contributed by atoms with Gasteiger partial charge in [0.1, 0.15) is 12.5 Å². The van der Waals surface area contributed by atoms with Crippen LogP contribution in [0.3, 0.4) is 0 Å². The van der Waals surface area contributed by atoms with Crippen LogP contribution >= 0.6 is 0 Å². The first-order valence-corrected chi connectivity index (χ1v) is 20.4. The number of nitrogens with zero attached hydrogens (tertiary/aromatic N) is 4. The fourth-order valence-corrected chi connectivity index (χ4v) is 9.58. The van der Waals surface area contributed by atoms with Gasteiger partial charge in [-0.25, -0.2) is 9.98 Å². The summed E-state index contributed by atoms with van der Waals surface area (Å²) in [4.78, 5) is 10.4. The van der Waals surface area contributed by atoms with E-state index in [0.717, 1.165) is 49.4 Å². The lowest BCUT2D eigenvalue weighted by atomic mass is 9.90. The third-order valence-corrected chi connectivity index (χ3v) is 12.2. The summed E-state index contributed by atoms with van der Waals surface area (Å²) in [5, 5.41) is 14.4. The van der Waals surface area contributed by atoms with Gasteiger partial charge in [-0.15, -0.1) is 0 Å². The van der Waals surface area contributed by atoms with E-state index in [1.54, 1.807) is 0 Å². The zero-order chi connectivity index (χ0) is 39.7. The van der Waals surface area contributed by atoms with Gasteiger partial charge in [-0.05, 0) is 62.8 Å². The number of aliphatic imine (C=N–C) groups is 2. The molecule has 0 saturated carbocycles. The van der Waals surface area contributed by atoms with Gasteiger partial charge in [0.2, 0.25) is 0 Å². The van der Waals surface area contributed by atoms with Crippen LogP contribution in [0.1, 0.15) is 17.3 Å². The highest BCUT2D eigenvalue weighted by Crippen LogP contribution is 2.49. The lowest BCUT2D eigenvalue weighted by Crippen LogP contribution is -2.12. The molecule has 10 aromatic carbocycles. The summed E-state index contributed by atoms with van der Waals surface area (Å²) in [5.41, 5.74) is 14.3. The van der Waals surface area contributed by atoms with Gasteiger partial charge in [0.05, 0.1) is 22.1 Å². The second-order valence-electron chi connectivity index (χ2n) is 15.5. The van der Waals surface area contributed by atoms with Crippen LogP contribution in [-0.4, -0.2) is 21.3 Å². The minimum absolute atomic E-state index is 0.563. The highest BCUT2D eigenvalue weighted by molar-refractivity contribution is 6.45. The second-order valence-corrected chi connectivity index (χ2v) is 15.5. The molecule has 1 unspecified atom stereocenters. The van der Waals surface area contributed by atoms with Crippen LogP contribution < -0.4 is 5.73 Å². The number of amidine groups is 1.